The van der Waals surface area contributed by atoms with E-state index in [0.717, 1.165) is 0 Å². The van der Waals surface area contributed by atoms with Gasteiger partial charge in [0.1, 0.15) is 5.84 Å². The first-order valence-corrected chi connectivity index (χ1v) is 2.22. The second-order valence-electron chi connectivity index (χ2n) is 1.47. The highest BCUT2D eigenvalue weighted by Crippen LogP contribution is 1.98. The topological polar surface area (TPSA) is 117 Å². The molecule has 6 nitrogen and oxygen atoms in total. The van der Waals surface area contributed by atoms with Crippen LogP contribution >= 0.6 is 12.4 Å². The molecule has 0 unspecified atom stereocenters. The van der Waals surface area contributed by atoms with Gasteiger partial charge in [0.15, 0.2) is 11.5 Å². The molecule has 0 amide bonds. The predicted octanol–water partition coefficient (Wildman–Crippen LogP) is -0.907. The lowest BCUT2D eigenvalue weighted by Crippen LogP contribution is -2.13. The van der Waals surface area contributed by atoms with Crippen LogP contribution in [0.3, 0.4) is 0 Å². The van der Waals surface area contributed by atoms with E-state index in [0.29, 0.717) is 0 Å². The van der Waals surface area contributed by atoms with Gasteiger partial charge in [-0.3, -0.25) is 5.41 Å². The molecule has 0 radical (unpaired) electrons. The first-order valence-electron chi connectivity index (χ1n) is 2.22. The summed E-state index contributed by atoms with van der Waals surface area (Å²) >= 11 is 0. The van der Waals surface area contributed by atoms with Crippen LogP contribution in [0.25, 0.3) is 0 Å². The van der Waals surface area contributed by atoms with E-state index < -0.39 is 0 Å². The molecule has 0 atom stereocenters. The van der Waals surface area contributed by atoms with Crippen LogP contribution < -0.4 is 11.5 Å². The van der Waals surface area contributed by atoms with E-state index in [-0.39, 0.29) is 29.8 Å². The molecule has 0 bridgehead atoms. The zero-order valence-corrected chi connectivity index (χ0v) is 5.77. The molecule has 0 fully saturated rings. The third-order valence-corrected chi connectivity index (χ3v) is 0.830. The maximum Gasteiger partial charge on any atom is 0.177 e. The van der Waals surface area contributed by atoms with Crippen molar-refractivity contribution in [3.63, 3.8) is 0 Å². The van der Waals surface area contributed by atoms with E-state index >= 15 is 0 Å². The van der Waals surface area contributed by atoms with Crippen LogP contribution in [0, 0.1) is 5.41 Å². The smallest absolute Gasteiger partial charge is 0.177 e. The van der Waals surface area contributed by atoms with Crippen LogP contribution in [0.1, 0.15) is 5.69 Å². The summed E-state index contributed by atoms with van der Waals surface area (Å²) in [4.78, 5) is 0. The molecule has 0 aliphatic heterocycles. The first-order chi connectivity index (χ1) is 4.22. The molecule has 0 saturated carbocycles. The van der Waals surface area contributed by atoms with Crippen molar-refractivity contribution in [1.82, 2.24) is 15.4 Å². The molecule has 56 valence electrons. The third-order valence-electron chi connectivity index (χ3n) is 0.830. The molecule has 1 rings (SSSR count). The third kappa shape index (κ3) is 1.35. The minimum Gasteiger partial charge on any atom is -0.382 e. The molecule has 0 aromatic carbocycles. The van der Waals surface area contributed by atoms with Gasteiger partial charge in [0.05, 0.1) is 0 Å². The van der Waals surface area contributed by atoms with Gasteiger partial charge in [-0.05, 0) is 0 Å². The summed E-state index contributed by atoms with van der Waals surface area (Å²) in [7, 11) is 0. The SMILES string of the molecule is Cl.N=C(N)c1n[nH]nc1N. The Balaban J connectivity index is 0.000000810. The fraction of sp³-hybridized carbons (Fsp3) is 0. The maximum atomic E-state index is 6.87. The molecular formula is C3H7ClN6. The number of nitrogens with one attached hydrogen (secondary N) is 2. The molecular weight excluding hydrogens is 156 g/mol. The van der Waals surface area contributed by atoms with Gasteiger partial charge in [-0.25, -0.2) is 0 Å². The second-order valence-corrected chi connectivity index (χ2v) is 1.47. The summed E-state index contributed by atoms with van der Waals surface area (Å²) in [6.07, 6.45) is 0. The number of halogens is 1. The number of aromatic nitrogens is 3. The molecule has 1 aromatic heterocycles. The highest BCUT2D eigenvalue weighted by molar-refractivity contribution is 5.96. The lowest BCUT2D eigenvalue weighted by Gasteiger charge is -1.87. The van der Waals surface area contributed by atoms with Crippen molar-refractivity contribution in [1.29, 1.82) is 5.41 Å². The molecule has 10 heavy (non-hydrogen) atoms. The lowest BCUT2D eigenvalue weighted by molar-refractivity contribution is 0.938. The fourth-order valence-corrected chi connectivity index (χ4v) is 0.437. The Morgan fingerprint density at radius 1 is 1.50 bits per heavy atom. The molecule has 0 aliphatic carbocycles. The summed E-state index contributed by atoms with van der Waals surface area (Å²) in [5.74, 6) is -0.0243. The van der Waals surface area contributed by atoms with Crippen molar-refractivity contribution in [2.45, 2.75) is 0 Å². The van der Waals surface area contributed by atoms with Crippen LogP contribution in [0.15, 0.2) is 0 Å². The summed E-state index contributed by atoms with van der Waals surface area (Å²) < 4.78 is 0. The van der Waals surface area contributed by atoms with Crippen molar-refractivity contribution in [3.05, 3.63) is 5.69 Å². The molecule has 7 heteroatoms. The molecule has 0 aliphatic rings. The first kappa shape index (κ1) is 8.70. The number of amidine groups is 1. The molecule has 1 aromatic rings. The number of aromatic amines is 1. The van der Waals surface area contributed by atoms with Gasteiger partial charge in [0.2, 0.25) is 0 Å². The average Bonchev–Trinajstić information content (AvgIpc) is 2.13. The summed E-state index contributed by atoms with van der Waals surface area (Å²) in [6, 6.07) is 0. The van der Waals surface area contributed by atoms with E-state index in [1.807, 2.05) is 0 Å². The van der Waals surface area contributed by atoms with Crippen molar-refractivity contribution < 1.29 is 0 Å². The zero-order chi connectivity index (χ0) is 6.85. The number of nitrogen functional groups attached to an aromatic ring is 2. The van der Waals surface area contributed by atoms with Gasteiger partial charge in [0, 0.05) is 0 Å². The monoisotopic (exact) mass is 162 g/mol. The van der Waals surface area contributed by atoms with Crippen molar-refractivity contribution >= 4 is 24.1 Å². The summed E-state index contributed by atoms with van der Waals surface area (Å²) in [5, 5.41) is 16.1. The van der Waals surface area contributed by atoms with E-state index in [1.165, 1.54) is 0 Å². The second kappa shape index (κ2) is 3.02. The molecule has 6 N–H and O–H groups in total. The van der Waals surface area contributed by atoms with Gasteiger partial charge >= 0.3 is 0 Å². The van der Waals surface area contributed by atoms with Crippen LogP contribution in [-0.4, -0.2) is 21.2 Å². The van der Waals surface area contributed by atoms with Gasteiger partial charge in [0.25, 0.3) is 0 Å². The van der Waals surface area contributed by atoms with Crippen LogP contribution in [0.2, 0.25) is 0 Å². The zero-order valence-electron chi connectivity index (χ0n) is 4.96. The number of nitrogens with zero attached hydrogens (tertiary/aromatic N) is 2. The fourth-order valence-electron chi connectivity index (χ4n) is 0.437. The van der Waals surface area contributed by atoms with Crippen molar-refractivity contribution in [2.24, 2.45) is 5.73 Å². The van der Waals surface area contributed by atoms with Gasteiger partial charge in [-0.1, -0.05) is 0 Å². The largest absolute Gasteiger partial charge is 0.382 e. The minimum absolute atomic E-state index is 0. The number of nitrogens with two attached hydrogens (primary N) is 2. The Hall–Kier alpha value is -1.30. The summed E-state index contributed by atoms with van der Waals surface area (Å²) in [5.41, 5.74) is 10.5. The molecule has 0 spiro atoms. The lowest BCUT2D eigenvalue weighted by atomic mass is 10.4. The molecule has 0 saturated heterocycles. The van der Waals surface area contributed by atoms with Crippen LogP contribution in [0.4, 0.5) is 5.82 Å². The average molecular weight is 163 g/mol. The highest BCUT2D eigenvalue weighted by atomic mass is 35.5. The Kier molecular flexibility index (Phi) is 2.63. The van der Waals surface area contributed by atoms with Gasteiger partial charge < -0.3 is 11.5 Å². The Bertz CT molecular complexity index is 229. The van der Waals surface area contributed by atoms with Crippen molar-refractivity contribution in [2.75, 3.05) is 5.73 Å². The van der Waals surface area contributed by atoms with Crippen LogP contribution in [-0.2, 0) is 0 Å². The van der Waals surface area contributed by atoms with Gasteiger partial charge in [-0.2, -0.15) is 10.3 Å². The quantitative estimate of drug-likeness (QED) is 0.316. The van der Waals surface area contributed by atoms with Gasteiger partial charge in [-0.15, -0.1) is 17.5 Å². The normalized spacial score (nSPS) is 8.40. The van der Waals surface area contributed by atoms with Crippen molar-refractivity contribution in [3.8, 4) is 0 Å². The summed E-state index contributed by atoms with van der Waals surface area (Å²) in [6.45, 7) is 0. The van der Waals surface area contributed by atoms with E-state index in [9.17, 15) is 0 Å². The van der Waals surface area contributed by atoms with E-state index in [4.69, 9.17) is 16.9 Å². The number of hydrogen-bond acceptors (Lipinski definition) is 4. The minimum atomic E-state index is -0.179. The maximum absolute atomic E-state index is 6.87. The number of anilines is 1. The molecule has 1 heterocycles. The Labute approximate surface area is 62.9 Å². The van der Waals surface area contributed by atoms with Crippen LogP contribution in [0.5, 0.6) is 0 Å². The highest BCUT2D eigenvalue weighted by Gasteiger charge is 2.04. The number of hydrogen-bond donors (Lipinski definition) is 4. The number of H-pyrrole nitrogens is 1. The standard InChI is InChI=1S/C3H6N6.ClH/c4-2(5)1-3(6)8-9-7-1;/h(H3,4,5)(H3,6,7,8,9);1H. The van der Waals surface area contributed by atoms with E-state index in [2.05, 4.69) is 15.4 Å². The Morgan fingerprint density at radius 3 is 2.30 bits per heavy atom. The van der Waals surface area contributed by atoms with E-state index in [1.54, 1.807) is 0 Å². The Morgan fingerprint density at radius 2 is 2.10 bits per heavy atom. The predicted molar refractivity (Wildman–Crippen MR) is 39.1 cm³/mol. The number of rotatable bonds is 1.